The number of sulfonamides is 1. The lowest BCUT2D eigenvalue weighted by molar-refractivity contribution is -0.156. The molecular weight excluding hydrogens is 542 g/mol. The molecule has 3 fully saturated rings. The number of rotatable bonds is 13. The van der Waals surface area contributed by atoms with Crippen LogP contribution in [0.3, 0.4) is 0 Å². The van der Waals surface area contributed by atoms with Gasteiger partial charge in [-0.2, -0.15) is 4.31 Å². The normalized spacial score (nSPS) is 26.7. The minimum Gasteiger partial charge on any atom is -0.497 e. The Bertz CT molecular complexity index is 1270. The van der Waals surface area contributed by atoms with Gasteiger partial charge in [0, 0.05) is 24.9 Å². The van der Waals surface area contributed by atoms with Gasteiger partial charge in [-0.05, 0) is 73.3 Å². The van der Waals surface area contributed by atoms with Gasteiger partial charge in [-0.25, -0.2) is 8.42 Å². The Balaban J connectivity index is 1.33. The molecule has 2 aromatic rings. The minimum atomic E-state index is -3.90. The second-order valence-electron chi connectivity index (χ2n) is 12.3. The number of aliphatic hydroxyl groups is 1. The van der Waals surface area contributed by atoms with Crippen molar-refractivity contribution >= 4 is 16.0 Å². The number of hydrogen-bond donors (Lipinski definition) is 1. The van der Waals surface area contributed by atoms with E-state index in [2.05, 4.69) is 0 Å². The molecule has 5 unspecified atom stereocenters. The van der Waals surface area contributed by atoms with Crippen LogP contribution in [0.1, 0.15) is 45.1 Å². The average molecular weight is 586 g/mol. The first kappa shape index (κ1) is 30.0. The Labute approximate surface area is 244 Å². The van der Waals surface area contributed by atoms with E-state index in [4.69, 9.17) is 14.2 Å². The van der Waals surface area contributed by atoms with Crippen molar-refractivity contribution in [2.45, 2.75) is 69.2 Å². The molecule has 0 aromatic heterocycles. The highest BCUT2D eigenvalue weighted by molar-refractivity contribution is 7.89. The number of hydrogen-bond acceptors (Lipinski definition) is 7. The summed E-state index contributed by atoms with van der Waals surface area (Å²) < 4.78 is 46.0. The molecule has 1 saturated heterocycles. The van der Waals surface area contributed by atoms with Crippen molar-refractivity contribution in [3.63, 3.8) is 0 Å². The molecule has 1 aliphatic heterocycles. The highest BCUT2D eigenvalue weighted by atomic mass is 32.2. The van der Waals surface area contributed by atoms with Gasteiger partial charge >= 0.3 is 5.97 Å². The van der Waals surface area contributed by atoms with Crippen LogP contribution >= 0.6 is 0 Å². The summed E-state index contributed by atoms with van der Waals surface area (Å²) in [6.45, 7) is 4.65. The van der Waals surface area contributed by atoms with Gasteiger partial charge in [-0.15, -0.1) is 0 Å². The molecule has 2 aromatic carbocycles. The quantitative estimate of drug-likeness (QED) is 0.350. The van der Waals surface area contributed by atoms with Crippen LogP contribution in [0.2, 0.25) is 0 Å². The number of ether oxygens (including phenoxy) is 3. The van der Waals surface area contributed by atoms with E-state index in [0.717, 1.165) is 24.8 Å². The minimum absolute atomic E-state index is 0.0130. The van der Waals surface area contributed by atoms with Crippen molar-refractivity contribution < 1.29 is 32.5 Å². The smallest absolute Gasteiger partial charge is 0.306 e. The number of benzene rings is 2. The Hall–Kier alpha value is -2.46. The summed E-state index contributed by atoms with van der Waals surface area (Å²) >= 11 is 0. The summed E-state index contributed by atoms with van der Waals surface area (Å²) in [5, 5.41) is 11.6. The fourth-order valence-electron chi connectivity index (χ4n) is 7.01. The lowest BCUT2D eigenvalue weighted by Gasteiger charge is -2.31. The monoisotopic (exact) mass is 585 g/mol. The fraction of sp³-hybridized carbons (Fsp3) is 0.594. The van der Waals surface area contributed by atoms with Crippen molar-refractivity contribution in [1.29, 1.82) is 0 Å². The first-order chi connectivity index (χ1) is 19.7. The molecule has 8 nitrogen and oxygen atoms in total. The van der Waals surface area contributed by atoms with Gasteiger partial charge in [-0.1, -0.05) is 44.2 Å². The fourth-order valence-corrected chi connectivity index (χ4v) is 8.63. The first-order valence-corrected chi connectivity index (χ1v) is 16.3. The second kappa shape index (κ2) is 12.8. The summed E-state index contributed by atoms with van der Waals surface area (Å²) in [5.74, 6) is 0.856. The third-order valence-corrected chi connectivity index (χ3v) is 10.9. The van der Waals surface area contributed by atoms with Crippen LogP contribution in [0.5, 0.6) is 5.75 Å². The molecule has 0 spiro atoms. The van der Waals surface area contributed by atoms with Crippen LogP contribution in [-0.4, -0.2) is 68.9 Å². The van der Waals surface area contributed by atoms with E-state index >= 15 is 0 Å². The van der Waals surface area contributed by atoms with Gasteiger partial charge in [0.25, 0.3) is 0 Å². The van der Waals surface area contributed by atoms with E-state index in [-0.39, 0.29) is 48.3 Å². The summed E-state index contributed by atoms with van der Waals surface area (Å²) in [6.07, 6.45) is 2.63. The molecule has 1 N–H and O–H groups in total. The number of carbonyl (C=O) groups excluding carboxylic acids is 1. The number of methoxy groups -OCH3 is 1. The van der Waals surface area contributed by atoms with Crippen molar-refractivity contribution in [3.05, 3.63) is 60.2 Å². The molecule has 3 aliphatic rings. The summed E-state index contributed by atoms with van der Waals surface area (Å²) in [4.78, 5) is 13.5. The molecule has 5 rings (SSSR count). The SMILES string of the molecule is COc1ccc(S(=O)(=O)N(CC(C)C)C[C@@H](O)[C@@H](CC(=O)OC2C3CCC4OCC2C4C3)Cc2ccccc2)cc1. The lowest BCUT2D eigenvalue weighted by Crippen LogP contribution is -2.43. The van der Waals surface area contributed by atoms with Crippen LogP contribution < -0.4 is 4.74 Å². The maximum atomic E-state index is 13.7. The molecule has 2 aliphatic carbocycles. The van der Waals surface area contributed by atoms with Gasteiger partial charge in [0.2, 0.25) is 10.0 Å². The standard InChI is InChI=1S/C32H43NO7S/c1-21(2)18-33(41(36,37)26-12-10-25(38-3)11-13-26)19-29(34)24(15-22-7-5-4-6-8-22)17-31(35)40-32-23-9-14-30-27(16-23)28(32)20-39-30/h4-8,10-13,21,23-24,27-30,32,34H,9,14-20H2,1-3H3/t23?,24-,27?,28?,29-,30?,32?/m1/s1. The van der Waals surface area contributed by atoms with E-state index in [9.17, 15) is 18.3 Å². The van der Waals surface area contributed by atoms with Crippen LogP contribution in [0, 0.1) is 29.6 Å². The van der Waals surface area contributed by atoms with E-state index in [1.807, 2.05) is 44.2 Å². The van der Waals surface area contributed by atoms with E-state index in [1.165, 1.54) is 23.5 Å². The molecule has 224 valence electrons. The number of esters is 1. The molecule has 0 amide bonds. The van der Waals surface area contributed by atoms with Gasteiger partial charge in [0.15, 0.2) is 0 Å². The highest BCUT2D eigenvalue weighted by Crippen LogP contribution is 2.52. The zero-order chi connectivity index (χ0) is 29.1. The Morgan fingerprint density at radius 3 is 2.46 bits per heavy atom. The van der Waals surface area contributed by atoms with Gasteiger partial charge in [-0.3, -0.25) is 4.79 Å². The molecule has 2 saturated carbocycles. The average Bonchev–Trinajstić information content (AvgIpc) is 3.49. The van der Waals surface area contributed by atoms with Crippen LogP contribution in [0.4, 0.5) is 0 Å². The summed E-state index contributed by atoms with van der Waals surface area (Å²) in [6, 6.07) is 15.9. The van der Waals surface area contributed by atoms with Crippen LogP contribution in [0.25, 0.3) is 0 Å². The predicted octanol–water partition coefficient (Wildman–Crippen LogP) is 4.31. The van der Waals surface area contributed by atoms with Crippen molar-refractivity contribution in [2.24, 2.45) is 29.6 Å². The van der Waals surface area contributed by atoms with E-state index in [1.54, 1.807) is 12.1 Å². The lowest BCUT2D eigenvalue weighted by atomic mass is 9.86. The summed E-state index contributed by atoms with van der Waals surface area (Å²) in [7, 11) is -2.37. The second-order valence-corrected chi connectivity index (χ2v) is 14.3. The van der Waals surface area contributed by atoms with Crippen molar-refractivity contribution in [3.8, 4) is 5.75 Å². The predicted molar refractivity (Wildman–Crippen MR) is 155 cm³/mol. The number of aliphatic hydroxyl groups excluding tert-OH is 1. The largest absolute Gasteiger partial charge is 0.497 e. The topological polar surface area (TPSA) is 102 Å². The van der Waals surface area contributed by atoms with Crippen molar-refractivity contribution in [1.82, 2.24) is 4.31 Å². The zero-order valence-corrected chi connectivity index (χ0v) is 25.0. The Morgan fingerprint density at radius 2 is 1.78 bits per heavy atom. The first-order valence-electron chi connectivity index (χ1n) is 14.8. The van der Waals surface area contributed by atoms with Crippen LogP contribution in [0.15, 0.2) is 59.5 Å². The van der Waals surface area contributed by atoms with E-state index < -0.39 is 22.0 Å². The molecule has 7 atom stereocenters. The third-order valence-electron chi connectivity index (χ3n) is 9.05. The maximum absolute atomic E-state index is 13.7. The van der Waals surface area contributed by atoms with Crippen molar-refractivity contribution in [2.75, 3.05) is 26.8 Å². The molecule has 1 heterocycles. The maximum Gasteiger partial charge on any atom is 0.306 e. The van der Waals surface area contributed by atoms with Gasteiger partial charge in [0.05, 0.1) is 37.2 Å². The molecule has 41 heavy (non-hydrogen) atoms. The number of nitrogens with zero attached hydrogens (tertiary/aromatic N) is 1. The zero-order valence-electron chi connectivity index (χ0n) is 24.2. The molecular formula is C32H43NO7S. The van der Waals surface area contributed by atoms with Gasteiger partial charge in [0.1, 0.15) is 11.9 Å². The van der Waals surface area contributed by atoms with E-state index in [0.29, 0.717) is 36.7 Å². The van der Waals surface area contributed by atoms with Gasteiger partial charge < -0.3 is 19.3 Å². The van der Waals surface area contributed by atoms with Crippen LogP contribution in [-0.2, 0) is 30.7 Å². The Morgan fingerprint density at radius 1 is 1.05 bits per heavy atom. The number of carbonyl (C=O) groups is 1. The molecule has 9 heteroatoms. The highest BCUT2D eigenvalue weighted by Gasteiger charge is 2.55. The summed E-state index contributed by atoms with van der Waals surface area (Å²) in [5.41, 5.74) is 0.974. The molecule has 2 bridgehead atoms. The number of fused-ring (bicyclic) bond motifs is 1. The third kappa shape index (κ3) is 6.79. The Kier molecular flexibility index (Phi) is 9.38. The molecule has 0 radical (unpaired) electrons.